The Kier molecular flexibility index (Phi) is 7.12. The Hall–Kier alpha value is -1.64. The molecule has 0 spiro atoms. The Labute approximate surface area is 170 Å². The highest BCUT2D eigenvalue weighted by Crippen LogP contribution is 2.39. The summed E-state index contributed by atoms with van der Waals surface area (Å²) < 4.78 is 31.1. The highest BCUT2D eigenvalue weighted by Gasteiger charge is 2.52. The zero-order chi connectivity index (χ0) is 21.1. The summed E-state index contributed by atoms with van der Waals surface area (Å²) in [5.74, 6) is -1.01. The van der Waals surface area contributed by atoms with Crippen LogP contribution in [0.1, 0.15) is 57.5 Å². The normalized spacial score (nSPS) is 18.2. The largest absolute Gasteiger partial charge is 0.491 e. The molecule has 28 heavy (non-hydrogen) atoms. The van der Waals surface area contributed by atoms with E-state index in [2.05, 4.69) is 0 Å². The van der Waals surface area contributed by atoms with Crippen LogP contribution in [0, 0.1) is 5.82 Å². The summed E-state index contributed by atoms with van der Waals surface area (Å²) in [6, 6.07) is 4.21. The molecule has 0 saturated carbocycles. The fraction of sp³-hybridized carbons (Fsp3) is 0.500. The maximum atomic E-state index is 14.0. The van der Waals surface area contributed by atoms with Gasteiger partial charge in [-0.2, -0.15) is 0 Å². The molecule has 0 aliphatic carbocycles. The van der Waals surface area contributed by atoms with E-state index in [1.807, 2.05) is 27.7 Å². The summed E-state index contributed by atoms with van der Waals surface area (Å²) in [5, 5.41) is -0.0336. The Bertz CT molecular complexity index is 775. The van der Waals surface area contributed by atoms with Gasteiger partial charge >= 0.3 is 13.1 Å². The van der Waals surface area contributed by atoms with Crippen molar-refractivity contribution in [2.75, 3.05) is 12.4 Å². The molecule has 1 aliphatic heterocycles. The summed E-state index contributed by atoms with van der Waals surface area (Å²) in [6.45, 7) is 11.1. The van der Waals surface area contributed by atoms with Crippen LogP contribution in [0.15, 0.2) is 23.7 Å². The molecule has 1 saturated heterocycles. The molecule has 1 heterocycles. The van der Waals surface area contributed by atoms with E-state index < -0.39 is 30.1 Å². The van der Waals surface area contributed by atoms with E-state index in [4.69, 9.17) is 14.0 Å². The quantitative estimate of drug-likeness (QED) is 0.517. The zero-order valence-corrected chi connectivity index (χ0v) is 17.9. The SMILES string of the molecule is CCOC(=O)c1cc(C=C(CSC(C)=O)B2OC(C)(C)C(C)(C)O2)ccc1F. The minimum Gasteiger partial charge on any atom is -0.462 e. The van der Waals surface area contributed by atoms with Crippen molar-refractivity contribution in [1.29, 1.82) is 0 Å². The van der Waals surface area contributed by atoms with Gasteiger partial charge in [-0.3, -0.25) is 4.79 Å². The first kappa shape index (κ1) is 22.7. The number of thioether (sulfide) groups is 1. The van der Waals surface area contributed by atoms with Crippen molar-refractivity contribution in [2.45, 2.75) is 52.7 Å². The van der Waals surface area contributed by atoms with Gasteiger partial charge in [-0.05, 0) is 57.8 Å². The van der Waals surface area contributed by atoms with Gasteiger partial charge in [-0.1, -0.05) is 23.9 Å². The molecule has 1 aliphatic rings. The van der Waals surface area contributed by atoms with Crippen molar-refractivity contribution in [3.05, 3.63) is 40.6 Å². The van der Waals surface area contributed by atoms with E-state index in [0.29, 0.717) is 11.3 Å². The lowest BCUT2D eigenvalue weighted by Crippen LogP contribution is -2.41. The van der Waals surface area contributed by atoms with Gasteiger partial charge in [0.15, 0.2) is 5.12 Å². The van der Waals surface area contributed by atoms with Crippen LogP contribution < -0.4 is 0 Å². The average molecular weight is 408 g/mol. The molecule has 0 bridgehead atoms. The van der Waals surface area contributed by atoms with Crippen molar-refractivity contribution in [1.82, 2.24) is 0 Å². The number of carbonyl (C=O) groups excluding carboxylic acids is 2. The molecule has 1 fully saturated rings. The number of halogens is 1. The van der Waals surface area contributed by atoms with Gasteiger partial charge < -0.3 is 14.0 Å². The molecule has 152 valence electrons. The third-order valence-corrected chi connectivity index (χ3v) is 5.72. The van der Waals surface area contributed by atoms with E-state index in [1.54, 1.807) is 19.1 Å². The zero-order valence-electron chi connectivity index (χ0n) is 17.1. The molecule has 0 radical (unpaired) electrons. The molecule has 1 aromatic rings. The number of hydrogen-bond donors (Lipinski definition) is 0. The lowest BCUT2D eigenvalue weighted by atomic mass is 9.78. The van der Waals surface area contributed by atoms with Crippen LogP contribution in [0.4, 0.5) is 4.39 Å². The standard InChI is InChI=1S/C20H26BFO5S/c1-7-25-18(24)16-11-14(8-9-17(16)22)10-15(12-28-13(2)23)21-26-19(3,4)20(5,6)27-21/h8-11H,7,12H2,1-6H3. The highest BCUT2D eigenvalue weighted by atomic mass is 32.2. The van der Waals surface area contributed by atoms with Crippen LogP contribution >= 0.6 is 11.8 Å². The minimum atomic E-state index is -0.717. The molecule has 8 heteroatoms. The van der Waals surface area contributed by atoms with E-state index in [1.165, 1.54) is 19.1 Å². The second kappa shape index (κ2) is 8.80. The maximum absolute atomic E-state index is 14.0. The highest BCUT2D eigenvalue weighted by molar-refractivity contribution is 8.13. The van der Waals surface area contributed by atoms with Crippen LogP contribution in [0.25, 0.3) is 6.08 Å². The van der Waals surface area contributed by atoms with Crippen molar-refractivity contribution in [3.63, 3.8) is 0 Å². The second-order valence-corrected chi connectivity index (χ2v) is 8.70. The molecule has 0 N–H and O–H groups in total. The summed E-state index contributed by atoms with van der Waals surface area (Å²) in [5.41, 5.74) is 0.120. The predicted octanol–water partition coefficient (Wildman–Crippen LogP) is 4.30. The topological polar surface area (TPSA) is 61.8 Å². The molecular formula is C20H26BFO5S. The van der Waals surface area contributed by atoms with E-state index in [-0.39, 0.29) is 17.3 Å². The van der Waals surface area contributed by atoms with E-state index in [0.717, 1.165) is 17.2 Å². The van der Waals surface area contributed by atoms with Gasteiger partial charge in [-0.15, -0.1) is 0 Å². The first-order valence-corrected chi connectivity index (χ1v) is 10.1. The molecule has 0 atom stereocenters. The molecule has 5 nitrogen and oxygen atoms in total. The smallest absolute Gasteiger partial charge is 0.462 e. The van der Waals surface area contributed by atoms with Gasteiger partial charge in [0.1, 0.15) is 5.82 Å². The lowest BCUT2D eigenvalue weighted by molar-refractivity contribution is -0.109. The number of carbonyl (C=O) groups is 2. The summed E-state index contributed by atoms with van der Waals surface area (Å²) in [4.78, 5) is 23.4. The van der Waals surface area contributed by atoms with Gasteiger partial charge in [0, 0.05) is 12.7 Å². The Morgan fingerprint density at radius 1 is 1.21 bits per heavy atom. The summed E-state index contributed by atoms with van der Waals surface area (Å²) in [7, 11) is -0.645. The maximum Gasteiger partial charge on any atom is 0.491 e. The molecular weight excluding hydrogens is 382 g/mol. The van der Waals surface area contributed by atoms with Gasteiger partial charge in [0.25, 0.3) is 0 Å². The van der Waals surface area contributed by atoms with Crippen molar-refractivity contribution >= 4 is 36.0 Å². The van der Waals surface area contributed by atoms with Gasteiger partial charge in [0.05, 0.1) is 23.4 Å². The first-order valence-electron chi connectivity index (χ1n) is 9.13. The summed E-state index contributed by atoms with van der Waals surface area (Å²) >= 11 is 1.13. The van der Waals surface area contributed by atoms with Gasteiger partial charge in [0.2, 0.25) is 0 Å². The van der Waals surface area contributed by atoms with Crippen LogP contribution in [0.2, 0.25) is 0 Å². The molecule has 0 aromatic heterocycles. The Morgan fingerprint density at radius 3 is 2.36 bits per heavy atom. The van der Waals surface area contributed by atoms with Crippen LogP contribution in [-0.4, -0.2) is 41.8 Å². The number of hydrogen-bond acceptors (Lipinski definition) is 6. The third-order valence-electron chi connectivity index (χ3n) is 4.84. The summed E-state index contributed by atoms with van der Waals surface area (Å²) in [6.07, 6.45) is 1.76. The van der Waals surface area contributed by atoms with E-state index >= 15 is 0 Å². The first-order chi connectivity index (χ1) is 13.0. The van der Waals surface area contributed by atoms with Crippen LogP contribution in [-0.2, 0) is 18.8 Å². The Morgan fingerprint density at radius 2 is 1.82 bits per heavy atom. The fourth-order valence-corrected chi connectivity index (χ4v) is 3.16. The second-order valence-electron chi connectivity index (χ2n) is 7.55. The lowest BCUT2D eigenvalue weighted by Gasteiger charge is -2.32. The van der Waals surface area contributed by atoms with Crippen molar-refractivity contribution in [2.24, 2.45) is 0 Å². The van der Waals surface area contributed by atoms with E-state index in [9.17, 15) is 14.0 Å². The monoisotopic (exact) mass is 408 g/mol. The van der Waals surface area contributed by atoms with Crippen LogP contribution in [0.3, 0.4) is 0 Å². The number of rotatable bonds is 6. The average Bonchev–Trinajstić information content (AvgIpc) is 2.80. The Balaban J connectivity index is 2.39. The molecule has 0 amide bonds. The van der Waals surface area contributed by atoms with Gasteiger partial charge in [-0.25, -0.2) is 9.18 Å². The molecule has 0 unspecified atom stereocenters. The number of esters is 1. The molecule has 1 aromatic carbocycles. The predicted molar refractivity (Wildman–Crippen MR) is 110 cm³/mol. The minimum absolute atomic E-state index is 0.0336. The molecule has 2 rings (SSSR count). The fourth-order valence-electron chi connectivity index (χ4n) is 2.57. The van der Waals surface area contributed by atoms with Crippen molar-refractivity contribution < 1.29 is 28.0 Å². The number of benzene rings is 1. The number of ether oxygens (including phenoxy) is 1. The van der Waals surface area contributed by atoms with Crippen LogP contribution in [0.5, 0.6) is 0 Å². The third kappa shape index (κ3) is 5.24. The van der Waals surface area contributed by atoms with Crippen molar-refractivity contribution in [3.8, 4) is 0 Å².